The number of halogens is 1. The Morgan fingerprint density at radius 3 is 2.81 bits per heavy atom. The molecule has 0 radical (unpaired) electrons. The fourth-order valence-electron chi connectivity index (χ4n) is 2.41. The first-order valence-electron chi connectivity index (χ1n) is 6.97. The van der Waals surface area contributed by atoms with Gasteiger partial charge < -0.3 is 19.5 Å². The van der Waals surface area contributed by atoms with Gasteiger partial charge in [-0.2, -0.15) is 0 Å². The Balaban J connectivity index is 1.70. The highest BCUT2D eigenvalue weighted by Crippen LogP contribution is 2.19. The summed E-state index contributed by atoms with van der Waals surface area (Å²) in [4.78, 5) is 13.2. The third-order valence-corrected chi connectivity index (χ3v) is 3.92. The Labute approximate surface area is 129 Å². The summed E-state index contributed by atoms with van der Waals surface area (Å²) >= 11 is 5.80. The lowest BCUT2D eigenvalue weighted by Gasteiger charge is -2.25. The fraction of sp³-hybridized carbons (Fsp3) is 0.533. The first-order valence-corrected chi connectivity index (χ1v) is 7.35. The summed E-state index contributed by atoms with van der Waals surface area (Å²) in [5, 5.41) is 9.82. The Hall–Kier alpha value is -1.30. The number of benzene rings is 1. The van der Waals surface area contributed by atoms with Crippen LogP contribution in [0.3, 0.4) is 0 Å². The standard InChI is InChI=1S/C15H20ClNO4/c1-17(14-10-20-9-13(14)15(18)19)7-2-8-21-12-5-3-11(16)4-6-12/h3-6,13-14H,2,7-10H2,1H3,(H,18,19). The van der Waals surface area contributed by atoms with E-state index in [9.17, 15) is 4.79 Å². The number of nitrogens with zero attached hydrogens (tertiary/aromatic N) is 1. The summed E-state index contributed by atoms with van der Waals surface area (Å²) < 4.78 is 10.9. The number of aliphatic carboxylic acids is 1. The largest absolute Gasteiger partial charge is 0.494 e. The molecule has 2 rings (SSSR count). The van der Waals surface area contributed by atoms with Crippen molar-refractivity contribution in [2.45, 2.75) is 12.5 Å². The Kier molecular flexibility index (Phi) is 5.85. The number of ether oxygens (including phenoxy) is 2. The zero-order valence-corrected chi connectivity index (χ0v) is 12.8. The molecule has 1 saturated heterocycles. The Bertz CT molecular complexity index is 465. The fourth-order valence-corrected chi connectivity index (χ4v) is 2.54. The van der Waals surface area contributed by atoms with Gasteiger partial charge in [0.2, 0.25) is 0 Å². The van der Waals surface area contributed by atoms with Crippen LogP contribution < -0.4 is 4.74 Å². The minimum atomic E-state index is -0.790. The van der Waals surface area contributed by atoms with E-state index in [2.05, 4.69) is 0 Å². The van der Waals surface area contributed by atoms with E-state index < -0.39 is 11.9 Å². The van der Waals surface area contributed by atoms with Crippen molar-refractivity contribution in [2.24, 2.45) is 5.92 Å². The topological polar surface area (TPSA) is 59.0 Å². The minimum Gasteiger partial charge on any atom is -0.494 e. The van der Waals surface area contributed by atoms with Crippen LogP contribution in [0.15, 0.2) is 24.3 Å². The molecular formula is C15H20ClNO4. The summed E-state index contributed by atoms with van der Waals surface area (Å²) in [5.74, 6) is -0.441. The average molecular weight is 314 g/mol. The molecule has 0 aromatic heterocycles. The summed E-state index contributed by atoms with van der Waals surface area (Å²) in [7, 11) is 1.93. The van der Waals surface area contributed by atoms with Crippen LogP contribution in [-0.4, -0.2) is 55.4 Å². The van der Waals surface area contributed by atoms with Crippen molar-refractivity contribution in [3.63, 3.8) is 0 Å². The number of carbonyl (C=O) groups is 1. The maximum atomic E-state index is 11.1. The molecule has 5 nitrogen and oxygen atoms in total. The van der Waals surface area contributed by atoms with Gasteiger partial charge in [-0.1, -0.05) is 11.6 Å². The molecule has 0 bridgehead atoms. The Morgan fingerprint density at radius 1 is 1.43 bits per heavy atom. The quantitative estimate of drug-likeness (QED) is 0.782. The van der Waals surface area contributed by atoms with Crippen LogP contribution in [0, 0.1) is 5.92 Å². The normalized spacial score (nSPS) is 21.7. The van der Waals surface area contributed by atoms with Crippen LogP contribution in [0.5, 0.6) is 5.75 Å². The highest BCUT2D eigenvalue weighted by molar-refractivity contribution is 6.30. The van der Waals surface area contributed by atoms with Crippen LogP contribution in [-0.2, 0) is 9.53 Å². The van der Waals surface area contributed by atoms with Crippen molar-refractivity contribution in [3.05, 3.63) is 29.3 Å². The molecule has 1 N–H and O–H groups in total. The summed E-state index contributed by atoms with van der Waals surface area (Å²) in [6.45, 7) is 2.12. The predicted molar refractivity (Wildman–Crippen MR) is 79.9 cm³/mol. The van der Waals surface area contributed by atoms with Crippen molar-refractivity contribution >= 4 is 17.6 Å². The molecule has 1 heterocycles. The van der Waals surface area contributed by atoms with E-state index in [0.717, 1.165) is 18.7 Å². The summed E-state index contributed by atoms with van der Waals surface area (Å²) in [6.07, 6.45) is 0.821. The molecule has 0 aliphatic carbocycles. The summed E-state index contributed by atoms with van der Waals surface area (Å²) in [5.41, 5.74) is 0. The van der Waals surface area contributed by atoms with E-state index >= 15 is 0 Å². The zero-order chi connectivity index (χ0) is 15.2. The molecule has 6 heteroatoms. The second-order valence-corrected chi connectivity index (χ2v) is 5.62. The molecule has 0 spiro atoms. The molecular weight excluding hydrogens is 294 g/mol. The second-order valence-electron chi connectivity index (χ2n) is 5.19. The van der Waals surface area contributed by atoms with Gasteiger partial charge in [0.1, 0.15) is 5.75 Å². The van der Waals surface area contributed by atoms with Crippen molar-refractivity contribution < 1.29 is 19.4 Å². The number of carboxylic acids is 1. The molecule has 1 aliphatic rings. The number of likely N-dealkylation sites (N-methyl/N-ethyl adjacent to an activating group) is 1. The lowest BCUT2D eigenvalue weighted by molar-refractivity contribution is -0.143. The smallest absolute Gasteiger partial charge is 0.310 e. The van der Waals surface area contributed by atoms with E-state index in [4.69, 9.17) is 26.2 Å². The van der Waals surface area contributed by atoms with Gasteiger partial charge >= 0.3 is 5.97 Å². The SMILES string of the molecule is CN(CCCOc1ccc(Cl)cc1)C1COCC1C(=O)O. The van der Waals surface area contributed by atoms with Crippen LogP contribution in [0.25, 0.3) is 0 Å². The molecule has 1 aliphatic heterocycles. The third kappa shape index (κ3) is 4.59. The summed E-state index contributed by atoms with van der Waals surface area (Å²) in [6, 6.07) is 7.18. The van der Waals surface area contributed by atoms with E-state index in [1.165, 1.54) is 0 Å². The van der Waals surface area contributed by atoms with Gasteiger partial charge in [0.05, 0.1) is 25.7 Å². The maximum Gasteiger partial charge on any atom is 0.310 e. The van der Waals surface area contributed by atoms with Crippen LogP contribution in [0.1, 0.15) is 6.42 Å². The molecule has 1 fully saturated rings. The highest BCUT2D eigenvalue weighted by Gasteiger charge is 2.36. The van der Waals surface area contributed by atoms with Crippen molar-refractivity contribution in [1.29, 1.82) is 0 Å². The van der Waals surface area contributed by atoms with E-state index in [1.54, 1.807) is 12.1 Å². The Morgan fingerprint density at radius 2 is 2.14 bits per heavy atom. The van der Waals surface area contributed by atoms with E-state index in [1.807, 2.05) is 24.1 Å². The van der Waals surface area contributed by atoms with Gasteiger partial charge in [0.15, 0.2) is 0 Å². The van der Waals surface area contributed by atoms with E-state index in [-0.39, 0.29) is 6.04 Å². The van der Waals surface area contributed by atoms with Gasteiger partial charge in [-0.3, -0.25) is 4.79 Å². The molecule has 2 unspecified atom stereocenters. The number of carboxylic acid groups (broad SMARTS) is 1. The van der Waals surface area contributed by atoms with E-state index in [0.29, 0.717) is 24.8 Å². The first kappa shape index (κ1) is 16.1. The first-order chi connectivity index (χ1) is 10.1. The van der Waals surface area contributed by atoms with Gasteiger partial charge in [0, 0.05) is 17.6 Å². The molecule has 21 heavy (non-hydrogen) atoms. The van der Waals surface area contributed by atoms with Gasteiger partial charge in [-0.05, 0) is 37.7 Å². The molecule has 2 atom stereocenters. The monoisotopic (exact) mass is 313 g/mol. The second kappa shape index (κ2) is 7.64. The predicted octanol–water partition coefficient (Wildman–Crippen LogP) is 2.14. The van der Waals surface area contributed by atoms with Crippen LogP contribution >= 0.6 is 11.6 Å². The van der Waals surface area contributed by atoms with Gasteiger partial charge in [-0.25, -0.2) is 0 Å². The van der Waals surface area contributed by atoms with Crippen molar-refractivity contribution in [2.75, 3.05) is 33.4 Å². The minimum absolute atomic E-state index is 0.0574. The number of rotatable bonds is 7. The number of hydrogen-bond donors (Lipinski definition) is 1. The van der Waals surface area contributed by atoms with Gasteiger partial charge in [-0.15, -0.1) is 0 Å². The molecule has 1 aromatic carbocycles. The molecule has 1 aromatic rings. The lowest BCUT2D eigenvalue weighted by Crippen LogP contribution is -2.41. The molecule has 116 valence electrons. The number of hydrogen-bond acceptors (Lipinski definition) is 4. The zero-order valence-electron chi connectivity index (χ0n) is 12.0. The maximum absolute atomic E-state index is 11.1. The van der Waals surface area contributed by atoms with Crippen LogP contribution in [0.2, 0.25) is 5.02 Å². The third-order valence-electron chi connectivity index (χ3n) is 3.67. The average Bonchev–Trinajstić information content (AvgIpc) is 2.95. The van der Waals surface area contributed by atoms with Gasteiger partial charge in [0.25, 0.3) is 0 Å². The van der Waals surface area contributed by atoms with Crippen LogP contribution in [0.4, 0.5) is 0 Å². The van der Waals surface area contributed by atoms with Crippen molar-refractivity contribution in [3.8, 4) is 5.75 Å². The van der Waals surface area contributed by atoms with Crippen molar-refractivity contribution in [1.82, 2.24) is 4.90 Å². The molecule has 0 amide bonds. The lowest BCUT2D eigenvalue weighted by atomic mass is 10.0. The highest BCUT2D eigenvalue weighted by atomic mass is 35.5. The molecule has 0 saturated carbocycles.